The van der Waals surface area contributed by atoms with Crippen molar-refractivity contribution in [3.63, 3.8) is 0 Å². The van der Waals surface area contributed by atoms with Crippen LogP contribution in [0.5, 0.6) is 0 Å². The van der Waals surface area contributed by atoms with Gasteiger partial charge >= 0.3 is 0 Å². The van der Waals surface area contributed by atoms with Crippen molar-refractivity contribution < 1.29 is 9.53 Å². The first-order valence-corrected chi connectivity index (χ1v) is 13.4. The summed E-state index contributed by atoms with van der Waals surface area (Å²) in [7, 11) is 0. The Hall–Kier alpha value is -1.92. The van der Waals surface area contributed by atoms with Crippen molar-refractivity contribution in [1.82, 2.24) is 15.1 Å². The molecule has 0 radical (unpaired) electrons. The number of benzene rings is 1. The number of nitrogens with zero attached hydrogens (tertiary/aromatic N) is 3. The van der Waals surface area contributed by atoms with E-state index in [-0.39, 0.29) is 24.0 Å². The number of aliphatic imine (C=N–C) groups is 1. The lowest BCUT2D eigenvalue weighted by Gasteiger charge is -2.35. The first kappa shape index (κ1) is 25.2. The number of rotatable bonds is 8. The maximum absolute atomic E-state index is 12.7. The van der Waals surface area contributed by atoms with Crippen LogP contribution in [0.3, 0.4) is 0 Å². The fourth-order valence-electron chi connectivity index (χ4n) is 5.93. The summed E-state index contributed by atoms with van der Waals surface area (Å²) in [5, 5.41) is 3.21. The molecule has 0 aliphatic carbocycles. The molecule has 4 atom stereocenters. The van der Waals surface area contributed by atoms with Crippen LogP contribution in [0.1, 0.15) is 57.6 Å². The van der Waals surface area contributed by atoms with Gasteiger partial charge in [0.15, 0.2) is 0 Å². The van der Waals surface area contributed by atoms with Gasteiger partial charge in [0.1, 0.15) is 12.1 Å². The Morgan fingerprint density at radius 2 is 1.85 bits per heavy atom. The van der Waals surface area contributed by atoms with E-state index in [0.29, 0.717) is 0 Å². The van der Waals surface area contributed by atoms with Crippen LogP contribution in [-0.2, 0) is 9.53 Å². The predicted octanol–water partition coefficient (Wildman–Crippen LogP) is 3.73. The lowest BCUT2D eigenvalue weighted by Crippen LogP contribution is -2.44. The Bertz CT molecular complexity index is 839. The Morgan fingerprint density at radius 3 is 2.56 bits per heavy atom. The summed E-state index contributed by atoms with van der Waals surface area (Å²) in [6.45, 7) is 16.0. The molecule has 1 aromatic rings. The van der Waals surface area contributed by atoms with Crippen molar-refractivity contribution in [3.05, 3.63) is 35.4 Å². The molecular formula is C28H44N4O2. The minimum atomic E-state index is 0.0856. The second-order valence-corrected chi connectivity index (χ2v) is 11.1. The van der Waals surface area contributed by atoms with E-state index in [1.54, 1.807) is 0 Å². The summed E-state index contributed by atoms with van der Waals surface area (Å²) in [5.41, 5.74) is 2.28. The third-order valence-electron chi connectivity index (χ3n) is 7.69. The summed E-state index contributed by atoms with van der Waals surface area (Å²) < 4.78 is 6.08. The average molecular weight is 469 g/mol. The molecule has 3 heterocycles. The molecule has 188 valence electrons. The van der Waals surface area contributed by atoms with E-state index < -0.39 is 0 Å². The van der Waals surface area contributed by atoms with Gasteiger partial charge in [-0.25, -0.2) is 4.99 Å². The zero-order valence-electron chi connectivity index (χ0n) is 21.6. The number of ether oxygens (including phenoxy) is 1. The lowest BCUT2D eigenvalue weighted by atomic mass is 9.92. The zero-order chi connectivity index (χ0) is 24.1. The van der Waals surface area contributed by atoms with Gasteiger partial charge in [-0.05, 0) is 83.1 Å². The maximum atomic E-state index is 12.7. The van der Waals surface area contributed by atoms with E-state index in [1.807, 2.05) is 0 Å². The predicted molar refractivity (Wildman–Crippen MR) is 138 cm³/mol. The van der Waals surface area contributed by atoms with E-state index in [1.165, 1.54) is 25.1 Å². The molecule has 3 aliphatic rings. The van der Waals surface area contributed by atoms with Gasteiger partial charge in [0, 0.05) is 37.7 Å². The topological polar surface area (TPSA) is 57.2 Å². The summed E-state index contributed by atoms with van der Waals surface area (Å²) in [6.07, 6.45) is 4.35. The Balaban J connectivity index is 1.15. The van der Waals surface area contributed by atoms with Gasteiger partial charge < -0.3 is 19.9 Å². The Labute approximate surface area is 206 Å². The molecule has 0 aromatic heterocycles. The standard InChI is InChI=1S/C28H44N4O2/c1-20-7-5-8-25(16-20)28-30-26(23(4)34-28)19-31-13-9-24(10-14-31)27(33)29-11-6-12-32-17-21(2)15-22(3)18-32/h5,7-8,16,21-24,26H,6,9-15,17-19H2,1-4H3,(H,29,33)/t21-,22+,23?,26?. The highest BCUT2D eigenvalue weighted by atomic mass is 16.5. The molecule has 2 fully saturated rings. The molecule has 0 saturated carbocycles. The van der Waals surface area contributed by atoms with Crippen LogP contribution >= 0.6 is 0 Å². The fraction of sp³-hybridized carbons (Fsp3) is 0.714. The summed E-state index contributed by atoms with van der Waals surface area (Å²) in [6, 6.07) is 8.50. The zero-order valence-corrected chi connectivity index (χ0v) is 21.6. The van der Waals surface area contributed by atoms with Gasteiger partial charge in [0.2, 0.25) is 11.8 Å². The quantitative estimate of drug-likeness (QED) is 0.591. The third kappa shape index (κ3) is 6.82. The number of carbonyl (C=O) groups is 1. The molecule has 34 heavy (non-hydrogen) atoms. The first-order chi connectivity index (χ1) is 16.4. The molecule has 2 unspecified atom stereocenters. The van der Waals surface area contributed by atoms with Gasteiger partial charge in [0.05, 0.1) is 0 Å². The number of piperidine rings is 2. The molecular weight excluding hydrogens is 424 g/mol. The molecule has 1 N–H and O–H groups in total. The van der Waals surface area contributed by atoms with Gasteiger partial charge in [0.25, 0.3) is 0 Å². The minimum Gasteiger partial charge on any atom is -0.472 e. The normalized spacial score (nSPS) is 29.0. The van der Waals surface area contributed by atoms with Crippen LogP contribution in [0.15, 0.2) is 29.3 Å². The average Bonchev–Trinajstić information content (AvgIpc) is 3.16. The molecule has 0 spiro atoms. The highest BCUT2D eigenvalue weighted by Crippen LogP contribution is 2.23. The summed E-state index contributed by atoms with van der Waals surface area (Å²) in [5.74, 6) is 2.75. The molecule has 1 aromatic carbocycles. The number of likely N-dealkylation sites (tertiary alicyclic amines) is 2. The van der Waals surface area contributed by atoms with Crippen molar-refractivity contribution in [3.8, 4) is 0 Å². The first-order valence-electron chi connectivity index (χ1n) is 13.4. The molecule has 2 saturated heterocycles. The van der Waals surface area contributed by atoms with E-state index >= 15 is 0 Å². The van der Waals surface area contributed by atoms with Gasteiger partial charge in [-0.15, -0.1) is 0 Å². The number of amides is 1. The molecule has 3 aliphatic heterocycles. The molecule has 0 bridgehead atoms. The third-order valence-corrected chi connectivity index (χ3v) is 7.69. The number of hydrogen-bond acceptors (Lipinski definition) is 5. The van der Waals surface area contributed by atoms with E-state index in [4.69, 9.17) is 9.73 Å². The number of carbonyl (C=O) groups excluding carboxylic acids is 1. The van der Waals surface area contributed by atoms with Crippen molar-refractivity contribution >= 4 is 11.8 Å². The fourth-order valence-corrected chi connectivity index (χ4v) is 5.93. The largest absolute Gasteiger partial charge is 0.472 e. The Morgan fingerprint density at radius 1 is 1.12 bits per heavy atom. The Kier molecular flexibility index (Phi) is 8.65. The van der Waals surface area contributed by atoms with E-state index in [9.17, 15) is 4.79 Å². The minimum absolute atomic E-state index is 0.0856. The van der Waals surface area contributed by atoms with Gasteiger partial charge in [-0.1, -0.05) is 31.5 Å². The number of aryl methyl sites for hydroxylation is 1. The molecule has 6 nitrogen and oxygen atoms in total. The second-order valence-electron chi connectivity index (χ2n) is 11.1. The van der Waals surface area contributed by atoms with Crippen LogP contribution < -0.4 is 5.32 Å². The van der Waals surface area contributed by atoms with Crippen LogP contribution in [0.25, 0.3) is 0 Å². The SMILES string of the molecule is Cc1cccc(C2=NC(CN3CCC(C(=O)NCCCN4C[C@H](C)C[C@H](C)C4)CC3)C(C)O2)c1. The van der Waals surface area contributed by atoms with Crippen molar-refractivity contribution in [2.75, 3.05) is 45.8 Å². The highest BCUT2D eigenvalue weighted by molar-refractivity contribution is 5.95. The number of hydrogen-bond donors (Lipinski definition) is 1. The summed E-state index contributed by atoms with van der Waals surface area (Å²) >= 11 is 0. The lowest BCUT2D eigenvalue weighted by molar-refractivity contribution is -0.126. The van der Waals surface area contributed by atoms with E-state index in [2.05, 4.69) is 67.1 Å². The van der Waals surface area contributed by atoms with Crippen molar-refractivity contribution in [2.45, 2.75) is 65.5 Å². The van der Waals surface area contributed by atoms with Crippen LogP contribution in [0.4, 0.5) is 0 Å². The maximum Gasteiger partial charge on any atom is 0.223 e. The van der Waals surface area contributed by atoms with Gasteiger partial charge in [-0.2, -0.15) is 0 Å². The van der Waals surface area contributed by atoms with Crippen LogP contribution in [0.2, 0.25) is 0 Å². The summed E-state index contributed by atoms with van der Waals surface area (Å²) in [4.78, 5) is 22.6. The van der Waals surface area contributed by atoms with Crippen LogP contribution in [0, 0.1) is 24.7 Å². The molecule has 6 heteroatoms. The highest BCUT2D eigenvalue weighted by Gasteiger charge is 2.32. The smallest absolute Gasteiger partial charge is 0.223 e. The molecule has 4 rings (SSSR count). The van der Waals surface area contributed by atoms with Crippen molar-refractivity contribution in [2.24, 2.45) is 22.7 Å². The van der Waals surface area contributed by atoms with Crippen molar-refractivity contribution in [1.29, 1.82) is 0 Å². The van der Waals surface area contributed by atoms with E-state index in [0.717, 1.165) is 75.3 Å². The number of nitrogens with one attached hydrogen (secondary N) is 1. The molecule has 1 amide bonds. The van der Waals surface area contributed by atoms with Gasteiger partial charge in [-0.3, -0.25) is 4.79 Å². The van der Waals surface area contributed by atoms with Crippen LogP contribution in [-0.4, -0.2) is 79.6 Å². The second kappa shape index (κ2) is 11.7. The monoisotopic (exact) mass is 468 g/mol.